The molecule has 0 saturated heterocycles. The van der Waals surface area contributed by atoms with E-state index in [1.165, 1.54) is 5.57 Å². The van der Waals surface area contributed by atoms with E-state index in [9.17, 15) is 4.79 Å². The van der Waals surface area contributed by atoms with Gasteiger partial charge in [-0.3, -0.25) is 4.79 Å². The van der Waals surface area contributed by atoms with Crippen molar-refractivity contribution in [3.63, 3.8) is 0 Å². The highest BCUT2D eigenvalue weighted by Crippen LogP contribution is 2.61. The van der Waals surface area contributed by atoms with Crippen LogP contribution in [0.1, 0.15) is 27.2 Å². The summed E-state index contributed by atoms with van der Waals surface area (Å²) in [4.78, 5) is 10.9. The molecule has 2 unspecified atom stereocenters. The maximum absolute atomic E-state index is 10.9. The molecule has 4 heteroatoms. The molecule has 14 heavy (non-hydrogen) atoms. The van der Waals surface area contributed by atoms with Gasteiger partial charge in [0.2, 0.25) is 0 Å². The summed E-state index contributed by atoms with van der Waals surface area (Å²) in [5.74, 6) is -0.583. The van der Waals surface area contributed by atoms with Crippen molar-refractivity contribution in [1.82, 2.24) is 0 Å². The van der Waals surface area contributed by atoms with Gasteiger partial charge in [0.05, 0.1) is 9.31 Å². The number of allylic oxidation sites excluding steroid dienone is 1. The van der Waals surface area contributed by atoms with E-state index in [1.54, 1.807) is 0 Å². The van der Waals surface area contributed by atoms with E-state index < -0.39 is 5.97 Å². The van der Waals surface area contributed by atoms with Crippen molar-refractivity contribution in [1.29, 1.82) is 0 Å². The molecule has 1 aliphatic rings. The molecule has 0 aromatic carbocycles. The highest BCUT2D eigenvalue weighted by atomic mass is 79.9. The average molecular weight is 326 g/mol. The highest BCUT2D eigenvalue weighted by molar-refractivity contribution is 9.28. The second-order valence-corrected chi connectivity index (χ2v) is 7.14. The number of carboxylic acids is 1. The van der Waals surface area contributed by atoms with E-state index in [0.717, 1.165) is 9.81 Å². The zero-order valence-corrected chi connectivity index (χ0v) is 11.6. The van der Waals surface area contributed by atoms with Crippen LogP contribution in [0.15, 0.2) is 8.96 Å². The summed E-state index contributed by atoms with van der Waals surface area (Å²) in [6.07, 6.45) is 0.843. The third kappa shape index (κ3) is 2.22. The van der Waals surface area contributed by atoms with Gasteiger partial charge in [-0.25, -0.2) is 0 Å². The van der Waals surface area contributed by atoms with Crippen LogP contribution >= 0.6 is 31.9 Å². The summed E-state index contributed by atoms with van der Waals surface area (Å²) in [5, 5.41) is 8.97. The Morgan fingerprint density at radius 1 is 1.43 bits per heavy atom. The molecule has 1 aliphatic carbocycles. The summed E-state index contributed by atoms with van der Waals surface area (Å²) in [5.41, 5.74) is 1.12. The minimum Gasteiger partial charge on any atom is -0.481 e. The van der Waals surface area contributed by atoms with Crippen LogP contribution in [0.25, 0.3) is 0 Å². The molecule has 0 bridgehead atoms. The van der Waals surface area contributed by atoms with Gasteiger partial charge in [-0.1, -0.05) is 19.4 Å². The molecular weight excluding hydrogens is 312 g/mol. The Morgan fingerprint density at radius 3 is 2.21 bits per heavy atom. The quantitative estimate of drug-likeness (QED) is 0.858. The normalized spacial score (nSPS) is 28.4. The number of carbonyl (C=O) groups is 1. The van der Waals surface area contributed by atoms with Crippen molar-refractivity contribution in [2.75, 3.05) is 0 Å². The molecule has 1 N–H and O–H groups in total. The van der Waals surface area contributed by atoms with E-state index >= 15 is 0 Å². The first-order valence-electron chi connectivity index (χ1n) is 4.52. The topological polar surface area (TPSA) is 37.3 Å². The monoisotopic (exact) mass is 324 g/mol. The first-order valence-corrected chi connectivity index (χ1v) is 6.10. The molecule has 0 aliphatic heterocycles. The summed E-state index contributed by atoms with van der Waals surface area (Å²) < 4.78 is 0.942. The number of carboxylic acid groups (broad SMARTS) is 1. The summed E-state index contributed by atoms with van der Waals surface area (Å²) >= 11 is 6.68. The van der Waals surface area contributed by atoms with Gasteiger partial charge in [-0.05, 0) is 56.5 Å². The smallest absolute Gasteiger partial charge is 0.307 e. The fraction of sp³-hybridized carbons (Fsp3) is 0.700. The Morgan fingerprint density at radius 2 is 1.93 bits per heavy atom. The molecule has 2 nitrogen and oxygen atoms in total. The van der Waals surface area contributed by atoms with Gasteiger partial charge in [-0.15, -0.1) is 0 Å². The van der Waals surface area contributed by atoms with E-state index in [4.69, 9.17) is 5.11 Å². The lowest BCUT2D eigenvalue weighted by Gasteiger charge is -2.02. The second kappa shape index (κ2) is 3.97. The zero-order chi connectivity index (χ0) is 11.1. The van der Waals surface area contributed by atoms with Gasteiger partial charge < -0.3 is 5.11 Å². The van der Waals surface area contributed by atoms with Crippen LogP contribution in [0.3, 0.4) is 0 Å². The molecule has 80 valence electrons. The molecule has 1 rings (SSSR count). The second-order valence-electron chi connectivity index (χ2n) is 4.49. The molecular formula is C10H14Br2O2. The fourth-order valence-electron chi connectivity index (χ4n) is 2.02. The molecule has 0 radical (unpaired) electrons. The van der Waals surface area contributed by atoms with Crippen molar-refractivity contribution in [3.8, 4) is 0 Å². The number of hydrogen-bond donors (Lipinski definition) is 1. The molecule has 0 amide bonds. The standard InChI is InChI=1S/C10H14Br2O2/c1-5(8(11)12)4-6-7(9(13)14)10(6,2)3/h6-7H,4H2,1-3H3,(H,13,14). The molecule has 0 heterocycles. The lowest BCUT2D eigenvalue weighted by atomic mass is 10.1. The van der Waals surface area contributed by atoms with Crippen molar-refractivity contribution in [2.24, 2.45) is 17.3 Å². The Balaban J connectivity index is 2.67. The largest absolute Gasteiger partial charge is 0.481 e. The van der Waals surface area contributed by atoms with Gasteiger partial charge in [0, 0.05) is 0 Å². The van der Waals surface area contributed by atoms with E-state index in [0.29, 0.717) is 0 Å². The van der Waals surface area contributed by atoms with E-state index in [2.05, 4.69) is 31.9 Å². The summed E-state index contributed by atoms with van der Waals surface area (Å²) in [6.45, 7) is 6.05. The molecule has 2 atom stereocenters. The highest BCUT2D eigenvalue weighted by Gasteiger charge is 2.61. The molecule has 0 aromatic heterocycles. The maximum Gasteiger partial charge on any atom is 0.307 e. The zero-order valence-electron chi connectivity index (χ0n) is 8.47. The minimum absolute atomic E-state index is 0.0530. The number of rotatable bonds is 3. The van der Waals surface area contributed by atoms with Gasteiger partial charge >= 0.3 is 5.97 Å². The molecule has 0 aromatic rings. The van der Waals surface area contributed by atoms with Crippen molar-refractivity contribution in [2.45, 2.75) is 27.2 Å². The van der Waals surface area contributed by atoms with Gasteiger partial charge in [-0.2, -0.15) is 0 Å². The van der Waals surface area contributed by atoms with E-state index in [1.807, 2.05) is 20.8 Å². The summed E-state index contributed by atoms with van der Waals surface area (Å²) in [7, 11) is 0. The van der Waals surface area contributed by atoms with Crippen molar-refractivity contribution < 1.29 is 9.90 Å². The van der Waals surface area contributed by atoms with Crippen LogP contribution in [0.5, 0.6) is 0 Å². The Bertz CT molecular complexity index is 290. The van der Waals surface area contributed by atoms with Crippen molar-refractivity contribution >= 4 is 37.8 Å². The van der Waals surface area contributed by atoms with Crippen LogP contribution in [0.4, 0.5) is 0 Å². The average Bonchev–Trinajstić information content (AvgIpc) is 2.52. The molecule has 1 fully saturated rings. The van der Waals surface area contributed by atoms with Gasteiger partial charge in [0.15, 0.2) is 0 Å². The Kier molecular flexibility index (Phi) is 3.47. The third-order valence-corrected chi connectivity index (χ3v) is 4.52. The van der Waals surface area contributed by atoms with Gasteiger partial charge in [0.1, 0.15) is 0 Å². The fourth-order valence-corrected chi connectivity index (χ4v) is 2.35. The Labute approximate surface area is 101 Å². The summed E-state index contributed by atoms with van der Waals surface area (Å²) in [6, 6.07) is 0. The first kappa shape index (κ1) is 12.2. The predicted octanol–water partition coefficient (Wildman–Crippen LogP) is 3.75. The maximum atomic E-state index is 10.9. The Hall–Kier alpha value is 0.170. The van der Waals surface area contributed by atoms with Crippen LogP contribution < -0.4 is 0 Å². The van der Waals surface area contributed by atoms with Gasteiger partial charge in [0.25, 0.3) is 0 Å². The van der Waals surface area contributed by atoms with Crippen LogP contribution in [-0.2, 0) is 4.79 Å². The van der Waals surface area contributed by atoms with E-state index in [-0.39, 0.29) is 17.3 Å². The molecule has 0 spiro atoms. The van der Waals surface area contributed by atoms with Crippen LogP contribution in [0, 0.1) is 17.3 Å². The minimum atomic E-state index is -0.668. The van der Waals surface area contributed by atoms with Crippen LogP contribution in [0.2, 0.25) is 0 Å². The van der Waals surface area contributed by atoms with Crippen LogP contribution in [-0.4, -0.2) is 11.1 Å². The number of hydrogen-bond acceptors (Lipinski definition) is 1. The molecule has 1 saturated carbocycles. The first-order chi connectivity index (χ1) is 6.28. The SMILES string of the molecule is CC(CC1C(C(=O)O)C1(C)C)=C(Br)Br. The lowest BCUT2D eigenvalue weighted by Crippen LogP contribution is -2.03. The predicted molar refractivity (Wildman–Crippen MR) is 63.6 cm³/mol. The number of aliphatic carboxylic acids is 1. The number of halogens is 2. The lowest BCUT2D eigenvalue weighted by molar-refractivity contribution is -0.139. The van der Waals surface area contributed by atoms with Crippen molar-refractivity contribution in [3.05, 3.63) is 8.96 Å². The third-order valence-electron chi connectivity index (χ3n) is 3.17.